The van der Waals surface area contributed by atoms with Crippen molar-refractivity contribution in [2.75, 3.05) is 44.2 Å². The highest BCUT2D eigenvalue weighted by molar-refractivity contribution is 5.85. The van der Waals surface area contributed by atoms with Gasteiger partial charge in [0.05, 0.1) is 6.07 Å². The molecule has 2 heterocycles. The number of aldehydes is 1. The lowest BCUT2D eigenvalue weighted by atomic mass is 9.94. The highest BCUT2D eigenvalue weighted by Gasteiger charge is 2.30. The molecule has 2 saturated heterocycles. The number of hydrogen-bond acceptors (Lipinski definition) is 5. The lowest BCUT2D eigenvalue weighted by molar-refractivity contribution is -0.138. The van der Waals surface area contributed by atoms with Gasteiger partial charge in [-0.05, 0) is 44.4 Å². The van der Waals surface area contributed by atoms with Crippen LogP contribution < -0.4 is 4.90 Å². The fraction of sp³-hybridized carbons (Fsp3) is 0.591. The molecular formula is C22H31ClN4O2. The van der Waals surface area contributed by atoms with Gasteiger partial charge in [-0.15, -0.1) is 12.4 Å². The number of carbonyl (C=O) groups excluding carboxylic acids is 2. The molecule has 0 saturated carbocycles. The first-order chi connectivity index (χ1) is 13.5. The van der Waals surface area contributed by atoms with E-state index in [0.29, 0.717) is 18.2 Å². The molecule has 1 aromatic rings. The van der Waals surface area contributed by atoms with Crippen molar-refractivity contribution >= 4 is 30.3 Å². The Hall–Kier alpha value is -2.10. The van der Waals surface area contributed by atoms with Crippen molar-refractivity contribution in [3.05, 3.63) is 29.8 Å². The maximum absolute atomic E-state index is 12.9. The second-order valence-corrected chi connectivity index (χ2v) is 8.05. The number of piperidine rings is 1. The predicted octanol–water partition coefficient (Wildman–Crippen LogP) is 2.68. The SMILES string of the molecule is CC(C)N1CCN(C(=O)C2CCN(c3ccc(C(C#N)C=O)cc3)CC2)CC1.Cl. The maximum Gasteiger partial charge on any atom is 0.225 e. The van der Waals surface area contributed by atoms with Gasteiger partial charge < -0.3 is 14.6 Å². The van der Waals surface area contributed by atoms with Gasteiger partial charge in [0.1, 0.15) is 12.2 Å². The third-order valence-corrected chi connectivity index (χ3v) is 6.09. The van der Waals surface area contributed by atoms with E-state index in [9.17, 15) is 9.59 Å². The van der Waals surface area contributed by atoms with Crippen molar-refractivity contribution in [3.63, 3.8) is 0 Å². The lowest BCUT2D eigenvalue weighted by Crippen LogP contribution is -2.53. The van der Waals surface area contributed by atoms with Crippen LogP contribution in [-0.2, 0) is 9.59 Å². The second kappa shape index (κ2) is 10.6. The van der Waals surface area contributed by atoms with Gasteiger partial charge in [0.2, 0.25) is 5.91 Å². The van der Waals surface area contributed by atoms with Gasteiger partial charge in [-0.2, -0.15) is 5.26 Å². The van der Waals surface area contributed by atoms with Crippen LogP contribution in [-0.4, -0.2) is 67.3 Å². The van der Waals surface area contributed by atoms with Crippen LogP contribution in [0.15, 0.2) is 24.3 Å². The summed E-state index contributed by atoms with van der Waals surface area (Å²) >= 11 is 0. The van der Waals surface area contributed by atoms with Gasteiger partial charge >= 0.3 is 0 Å². The Labute approximate surface area is 179 Å². The molecule has 2 aliphatic rings. The Kier molecular flexibility index (Phi) is 8.48. The summed E-state index contributed by atoms with van der Waals surface area (Å²) in [6, 6.07) is 10.2. The molecule has 0 bridgehead atoms. The van der Waals surface area contributed by atoms with Crippen LogP contribution in [0.2, 0.25) is 0 Å². The second-order valence-electron chi connectivity index (χ2n) is 8.05. The Morgan fingerprint density at radius 2 is 1.66 bits per heavy atom. The molecular weight excluding hydrogens is 388 g/mol. The molecule has 0 radical (unpaired) electrons. The summed E-state index contributed by atoms with van der Waals surface area (Å²) < 4.78 is 0. The fourth-order valence-corrected chi connectivity index (χ4v) is 4.18. The number of benzene rings is 1. The van der Waals surface area contributed by atoms with Gasteiger partial charge in [-0.25, -0.2) is 0 Å². The minimum absolute atomic E-state index is 0. The molecule has 0 aliphatic carbocycles. The molecule has 158 valence electrons. The number of rotatable bonds is 5. The molecule has 1 aromatic carbocycles. The van der Waals surface area contributed by atoms with Crippen LogP contribution >= 0.6 is 12.4 Å². The number of nitrogens with zero attached hydrogens (tertiary/aromatic N) is 4. The van der Waals surface area contributed by atoms with E-state index in [1.165, 1.54) is 0 Å². The highest BCUT2D eigenvalue weighted by Crippen LogP contribution is 2.26. The summed E-state index contributed by atoms with van der Waals surface area (Å²) in [7, 11) is 0. The van der Waals surface area contributed by atoms with E-state index in [0.717, 1.165) is 63.4 Å². The lowest BCUT2D eigenvalue weighted by Gasteiger charge is -2.40. The van der Waals surface area contributed by atoms with E-state index in [1.807, 2.05) is 30.3 Å². The van der Waals surface area contributed by atoms with E-state index in [1.54, 1.807) is 0 Å². The summed E-state index contributed by atoms with van der Waals surface area (Å²) in [5.74, 6) is -0.256. The zero-order valence-corrected chi connectivity index (χ0v) is 18.1. The van der Waals surface area contributed by atoms with Crippen molar-refractivity contribution in [1.29, 1.82) is 5.26 Å². The average Bonchev–Trinajstić information content (AvgIpc) is 2.75. The quantitative estimate of drug-likeness (QED) is 0.687. The van der Waals surface area contributed by atoms with E-state index in [4.69, 9.17) is 5.26 Å². The van der Waals surface area contributed by atoms with Crippen molar-refractivity contribution in [2.24, 2.45) is 5.92 Å². The first-order valence-corrected chi connectivity index (χ1v) is 10.3. The molecule has 0 aromatic heterocycles. The first kappa shape index (κ1) is 23.2. The predicted molar refractivity (Wildman–Crippen MR) is 116 cm³/mol. The van der Waals surface area contributed by atoms with E-state index < -0.39 is 5.92 Å². The van der Waals surface area contributed by atoms with Gasteiger partial charge in [0.25, 0.3) is 0 Å². The molecule has 0 spiro atoms. The molecule has 1 atom stereocenters. The summed E-state index contributed by atoms with van der Waals surface area (Å²) in [5.41, 5.74) is 1.81. The van der Waals surface area contributed by atoms with Crippen LogP contribution in [0, 0.1) is 17.2 Å². The smallest absolute Gasteiger partial charge is 0.225 e. The van der Waals surface area contributed by atoms with E-state index in [2.05, 4.69) is 28.5 Å². The van der Waals surface area contributed by atoms with Crippen LogP contribution in [0.5, 0.6) is 0 Å². The molecule has 2 aliphatic heterocycles. The summed E-state index contributed by atoms with van der Waals surface area (Å²) in [5, 5.41) is 9.00. The summed E-state index contributed by atoms with van der Waals surface area (Å²) in [6.45, 7) is 9.76. The summed E-state index contributed by atoms with van der Waals surface area (Å²) in [4.78, 5) is 30.6. The average molecular weight is 419 g/mol. The van der Waals surface area contributed by atoms with Gasteiger partial charge in [-0.1, -0.05) is 12.1 Å². The number of halogens is 1. The number of carbonyl (C=O) groups is 2. The van der Waals surface area contributed by atoms with Crippen molar-refractivity contribution < 1.29 is 9.59 Å². The Balaban J connectivity index is 0.00000300. The van der Waals surface area contributed by atoms with Crippen LogP contribution in [0.25, 0.3) is 0 Å². The summed E-state index contributed by atoms with van der Waals surface area (Å²) in [6.07, 6.45) is 2.42. The first-order valence-electron chi connectivity index (χ1n) is 10.3. The van der Waals surface area contributed by atoms with Crippen molar-refractivity contribution in [3.8, 4) is 6.07 Å². The Morgan fingerprint density at radius 3 is 2.14 bits per heavy atom. The van der Waals surface area contributed by atoms with Gasteiger partial charge in [0.15, 0.2) is 0 Å². The van der Waals surface area contributed by atoms with Crippen LogP contribution in [0.4, 0.5) is 5.69 Å². The molecule has 1 amide bonds. The molecule has 7 heteroatoms. The highest BCUT2D eigenvalue weighted by atomic mass is 35.5. The largest absolute Gasteiger partial charge is 0.371 e. The normalized spacial score (nSPS) is 19.4. The third-order valence-electron chi connectivity index (χ3n) is 6.09. The Bertz CT molecular complexity index is 715. The van der Waals surface area contributed by atoms with Crippen LogP contribution in [0.1, 0.15) is 38.2 Å². The van der Waals surface area contributed by atoms with Gasteiger partial charge in [0, 0.05) is 56.9 Å². The fourth-order valence-electron chi connectivity index (χ4n) is 4.18. The molecule has 6 nitrogen and oxygen atoms in total. The topological polar surface area (TPSA) is 67.7 Å². The van der Waals surface area contributed by atoms with E-state index >= 15 is 0 Å². The molecule has 0 N–H and O–H groups in total. The zero-order chi connectivity index (χ0) is 20.1. The molecule has 3 rings (SSSR count). The zero-order valence-electron chi connectivity index (χ0n) is 17.3. The number of amides is 1. The van der Waals surface area contributed by atoms with Crippen LogP contribution in [0.3, 0.4) is 0 Å². The Morgan fingerprint density at radius 1 is 1.07 bits per heavy atom. The monoisotopic (exact) mass is 418 g/mol. The maximum atomic E-state index is 12.9. The van der Waals surface area contributed by atoms with Gasteiger partial charge in [-0.3, -0.25) is 9.69 Å². The van der Waals surface area contributed by atoms with E-state index in [-0.39, 0.29) is 18.3 Å². The molecule has 1 unspecified atom stereocenters. The molecule has 2 fully saturated rings. The number of hydrogen-bond donors (Lipinski definition) is 0. The number of piperazine rings is 1. The van der Waals surface area contributed by atoms with Crippen molar-refractivity contribution in [2.45, 2.75) is 38.6 Å². The minimum atomic E-state index is -0.700. The molecule has 29 heavy (non-hydrogen) atoms. The van der Waals surface area contributed by atoms with Crippen molar-refractivity contribution in [1.82, 2.24) is 9.80 Å². The minimum Gasteiger partial charge on any atom is -0.371 e. The number of anilines is 1. The third kappa shape index (κ3) is 5.49. The standard InChI is InChI=1S/C22H30N4O2.ClH/c1-17(2)24-11-13-26(14-12-24)22(28)19-7-9-25(10-8-19)21-5-3-18(4-6-21)20(15-23)16-27;/h3-6,16-17,19-20H,7-14H2,1-2H3;1H. The number of nitriles is 1.